The molecule has 0 unspecified atom stereocenters. The number of nitrogen functional groups attached to an aromatic ring is 1. The Hall–Kier alpha value is -3.41. The lowest BCUT2D eigenvalue weighted by Crippen LogP contribution is -2.17. The number of carbonyl (C=O) groups excluding carboxylic acids is 1. The molecule has 1 saturated heterocycles. The SMILES string of the molecule is CCCCc1nc2c(N)nc3ccccc3c2n1CCCCCC(=O)c1ccc(N2CCCC2)cc1. The second-order valence-corrected chi connectivity index (χ2v) is 9.97. The molecule has 1 aliphatic heterocycles. The molecule has 2 N–H and O–H groups in total. The van der Waals surface area contributed by atoms with Gasteiger partial charge in [0.25, 0.3) is 0 Å². The minimum atomic E-state index is 0.240. The van der Waals surface area contributed by atoms with E-state index in [1.807, 2.05) is 30.3 Å². The number of anilines is 2. The van der Waals surface area contributed by atoms with Crippen molar-refractivity contribution in [2.45, 2.75) is 71.3 Å². The zero-order valence-corrected chi connectivity index (χ0v) is 21.4. The van der Waals surface area contributed by atoms with Crippen LogP contribution < -0.4 is 10.6 Å². The van der Waals surface area contributed by atoms with Crippen molar-refractivity contribution < 1.29 is 4.79 Å². The third kappa shape index (κ3) is 5.08. The number of unbranched alkanes of at least 4 members (excludes halogenated alkanes) is 3. The van der Waals surface area contributed by atoms with E-state index in [2.05, 4.69) is 39.6 Å². The van der Waals surface area contributed by atoms with Crippen LogP contribution in [0.1, 0.15) is 74.5 Å². The molecule has 0 aliphatic carbocycles. The number of aromatic nitrogens is 3. The molecule has 6 nitrogen and oxygen atoms in total. The third-order valence-electron chi connectivity index (χ3n) is 7.39. The monoisotopic (exact) mass is 483 g/mol. The number of imidazole rings is 1. The van der Waals surface area contributed by atoms with Crippen LogP contribution in [-0.2, 0) is 13.0 Å². The van der Waals surface area contributed by atoms with Gasteiger partial charge in [-0.3, -0.25) is 4.79 Å². The summed E-state index contributed by atoms with van der Waals surface area (Å²) < 4.78 is 2.35. The first kappa shape index (κ1) is 24.3. The minimum Gasteiger partial charge on any atom is -0.382 e. The van der Waals surface area contributed by atoms with Gasteiger partial charge in [0.2, 0.25) is 0 Å². The maximum atomic E-state index is 12.8. The van der Waals surface area contributed by atoms with E-state index in [0.29, 0.717) is 12.2 Å². The van der Waals surface area contributed by atoms with Crippen molar-refractivity contribution in [3.8, 4) is 0 Å². The van der Waals surface area contributed by atoms with Crippen molar-refractivity contribution in [1.82, 2.24) is 14.5 Å². The van der Waals surface area contributed by atoms with E-state index in [9.17, 15) is 4.79 Å². The van der Waals surface area contributed by atoms with Gasteiger partial charge in [-0.1, -0.05) is 38.0 Å². The fourth-order valence-corrected chi connectivity index (χ4v) is 5.38. The molecule has 1 fully saturated rings. The number of nitrogens with two attached hydrogens (primary N) is 1. The third-order valence-corrected chi connectivity index (χ3v) is 7.39. The van der Waals surface area contributed by atoms with Gasteiger partial charge in [0.1, 0.15) is 11.3 Å². The topological polar surface area (TPSA) is 77.0 Å². The number of ketones is 1. The Labute approximate surface area is 213 Å². The fraction of sp³-hybridized carbons (Fsp3) is 0.433. The van der Waals surface area contributed by atoms with Gasteiger partial charge in [0.05, 0.1) is 11.0 Å². The number of hydrogen-bond acceptors (Lipinski definition) is 5. The summed E-state index contributed by atoms with van der Waals surface area (Å²) in [5.74, 6) is 1.83. The Morgan fingerprint density at radius 1 is 0.944 bits per heavy atom. The molecule has 2 aromatic heterocycles. The molecule has 0 amide bonds. The lowest BCUT2D eigenvalue weighted by Gasteiger charge is -2.17. The van der Waals surface area contributed by atoms with Gasteiger partial charge >= 0.3 is 0 Å². The number of hydrogen-bond donors (Lipinski definition) is 1. The molecular weight excluding hydrogens is 446 g/mol. The van der Waals surface area contributed by atoms with Crippen LogP contribution in [0.5, 0.6) is 0 Å². The van der Waals surface area contributed by atoms with Gasteiger partial charge in [0, 0.05) is 49.1 Å². The second-order valence-electron chi connectivity index (χ2n) is 9.97. The number of fused-ring (bicyclic) bond motifs is 3. The van der Waals surface area contributed by atoms with Crippen LogP contribution in [0.2, 0.25) is 0 Å². The van der Waals surface area contributed by atoms with Gasteiger partial charge in [-0.25, -0.2) is 9.97 Å². The summed E-state index contributed by atoms with van der Waals surface area (Å²) in [7, 11) is 0. The predicted molar refractivity (Wildman–Crippen MR) is 149 cm³/mol. The van der Waals surface area contributed by atoms with Crippen LogP contribution in [0, 0.1) is 0 Å². The second kappa shape index (κ2) is 11.1. The first-order chi connectivity index (χ1) is 17.7. The van der Waals surface area contributed by atoms with Crippen LogP contribution >= 0.6 is 0 Å². The van der Waals surface area contributed by atoms with Crippen LogP contribution in [0.4, 0.5) is 11.5 Å². The van der Waals surface area contributed by atoms with E-state index < -0.39 is 0 Å². The van der Waals surface area contributed by atoms with Crippen molar-refractivity contribution in [3.63, 3.8) is 0 Å². The first-order valence-electron chi connectivity index (χ1n) is 13.6. The maximum absolute atomic E-state index is 12.8. The zero-order chi connectivity index (χ0) is 24.9. The van der Waals surface area contributed by atoms with E-state index in [4.69, 9.17) is 10.7 Å². The molecule has 188 valence electrons. The average molecular weight is 484 g/mol. The van der Waals surface area contributed by atoms with E-state index in [0.717, 1.165) is 91.5 Å². The standard InChI is InChI=1S/C30H37N5O/c1-2-3-14-27-33-28-29(24-11-6-7-12-25(24)32-30(28)31)35(27)21-8-4-5-13-26(36)22-15-17-23(18-16-22)34-19-9-10-20-34/h6-7,11-12,15-18H,2-5,8-10,13-14,19-21H2,1H3,(H2,31,32). The Bertz CT molecular complexity index is 1340. The molecule has 4 aromatic rings. The quantitative estimate of drug-likeness (QED) is 0.193. The number of pyridine rings is 1. The van der Waals surface area contributed by atoms with E-state index in [1.165, 1.54) is 18.5 Å². The van der Waals surface area contributed by atoms with Gasteiger partial charge in [0.15, 0.2) is 11.6 Å². The van der Waals surface area contributed by atoms with Crippen LogP contribution in [0.3, 0.4) is 0 Å². The zero-order valence-electron chi connectivity index (χ0n) is 21.4. The van der Waals surface area contributed by atoms with Crippen LogP contribution in [0.15, 0.2) is 48.5 Å². The highest BCUT2D eigenvalue weighted by molar-refractivity contribution is 6.06. The van der Waals surface area contributed by atoms with Crippen LogP contribution in [0.25, 0.3) is 21.9 Å². The summed E-state index contributed by atoms with van der Waals surface area (Å²) in [6, 6.07) is 16.4. The van der Waals surface area contributed by atoms with Crippen LogP contribution in [-0.4, -0.2) is 33.4 Å². The summed E-state index contributed by atoms with van der Waals surface area (Å²) in [6.07, 6.45) is 9.17. The number of aryl methyl sites for hydroxylation is 2. The molecule has 0 bridgehead atoms. The number of carbonyl (C=O) groups is 1. The Morgan fingerprint density at radius 2 is 1.72 bits per heavy atom. The lowest BCUT2D eigenvalue weighted by atomic mass is 10.0. The van der Waals surface area contributed by atoms with Crippen molar-refractivity contribution >= 4 is 39.2 Å². The van der Waals surface area contributed by atoms with E-state index in [-0.39, 0.29) is 5.78 Å². The number of para-hydroxylation sites is 1. The summed E-state index contributed by atoms with van der Waals surface area (Å²) in [6.45, 7) is 5.33. The highest BCUT2D eigenvalue weighted by Gasteiger charge is 2.17. The molecule has 0 saturated carbocycles. The summed E-state index contributed by atoms with van der Waals surface area (Å²) in [5.41, 5.74) is 11.2. The number of nitrogens with zero attached hydrogens (tertiary/aromatic N) is 4. The van der Waals surface area contributed by atoms with Crippen molar-refractivity contribution in [1.29, 1.82) is 0 Å². The largest absolute Gasteiger partial charge is 0.382 e. The molecule has 3 heterocycles. The average Bonchev–Trinajstić information content (AvgIpc) is 3.56. The summed E-state index contributed by atoms with van der Waals surface area (Å²) >= 11 is 0. The van der Waals surface area contributed by atoms with Crippen molar-refractivity contribution in [3.05, 3.63) is 59.9 Å². The summed E-state index contributed by atoms with van der Waals surface area (Å²) in [5, 5.41) is 1.10. The Morgan fingerprint density at radius 3 is 2.50 bits per heavy atom. The lowest BCUT2D eigenvalue weighted by molar-refractivity contribution is 0.0979. The number of rotatable bonds is 11. The molecule has 2 aromatic carbocycles. The molecular formula is C30H37N5O. The highest BCUT2D eigenvalue weighted by Crippen LogP contribution is 2.30. The van der Waals surface area contributed by atoms with Gasteiger partial charge in [-0.05, 0) is 62.4 Å². The Kier molecular flexibility index (Phi) is 7.49. The fourth-order valence-electron chi connectivity index (χ4n) is 5.38. The van der Waals surface area contributed by atoms with Gasteiger partial charge < -0.3 is 15.2 Å². The summed E-state index contributed by atoms with van der Waals surface area (Å²) in [4.78, 5) is 24.7. The molecule has 5 rings (SSSR count). The predicted octanol–water partition coefficient (Wildman–Crippen LogP) is 6.55. The van der Waals surface area contributed by atoms with E-state index >= 15 is 0 Å². The minimum absolute atomic E-state index is 0.240. The molecule has 36 heavy (non-hydrogen) atoms. The van der Waals surface area contributed by atoms with Gasteiger partial charge in [-0.15, -0.1) is 0 Å². The van der Waals surface area contributed by atoms with Crippen molar-refractivity contribution in [2.75, 3.05) is 23.7 Å². The highest BCUT2D eigenvalue weighted by atomic mass is 16.1. The Balaban J connectivity index is 1.23. The number of Topliss-reactive ketones (excluding diaryl/α,β-unsaturated/α-hetero) is 1. The normalized spacial score (nSPS) is 13.8. The molecule has 6 heteroatoms. The van der Waals surface area contributed by atoms with Crippen molar-refractivity contribution in [2.24, 2.45) is 0 Å². The maximum Gasteiger partial charge on any atom is 0.162 e. The molecule has 0 radical (unpaired) electrons. The number of benzene rings is 2. The van der Waals surface area contributed by atoms with E-state index in [1.54, 1.807) is 0 Å². The molecule has 0 spiro atoms. The van der Waals surface area contributed by atoms with Gasteiger partial charge in [-0.2, -0.15) is 0 Å². The molecule has 1 aliphatic rings. The smallest absolute Gasteiger partial charge is 0.162 e. The first-order valence-corrected chi connectivity index (χ1v) is 13.6. The molecule has 0 atom stereocenters.